The molecule has 18 heavy (non-hydrogen) atoms. The van der Waals surface area contributed by atoms with E-state index in [1.165, 1.54) is 4.88 Å². The van der Waals surface area contributed by atoms with E-state index in [1.807, 2.05) is 6.92 Å². The molecular formula is C13H17N3OS. The van der Waals surface area contributed by atoms with Gasteiger partial charge in [0.2, 0.25) is 0 Å². The number of rotatable bonds is 7. The van der Waals surface area contributed by atoms with E-state index in [2.05, 4.69) is 32.8 Å². The maximum atomic E-state index is 5.58. The smallest absolute Gasteiger partial charge is 0.144 e. The van der Waals surface area contributed by atoms with Crippen LogP contribution in [0.1, 0.15) is 17.5 Å². The zero-order chi connectivity index (χ0) is 12.6. The largest absolute Gasteiger partial charge is 0.375 e. The molecule has 0 spiro atoms. The molecule has 0 bridgehead atoms. The average Bonchev–Trinajstić information content (AvgIpc) is 2.90. The van der Waals surface area contributed by atoms with Crippen molar-refractivity contribution in [2.75, 3.05) is 18.5 Å². The van der Waals surface area contributed by atoms with Crippen LogP contribution in [0.15, 0.2) is 29.9 Å². The number of aromatic nitrogens is 2. The summed E-state index contributed by atoms with van der Waals surface area (Å²) in [5, 5.41) is 5.19. The van der Waals surface area contributed by atoms with E-state index in [4.69, 9.17) is 4.74 Å². The second kappa shape index (κ2) is 7.08. The maximum Gasteiger partial charge on any atom is 0.144 e. The zero-order valence-corrected chi connectivity index (χ0v) is 11.2. The van der Waals surface area contributed by atoms with Gasteiger partial charge in [0.25, 0.3) is 0 Å². The summed E-state index contributed by atoms with van der Waals surface area (Å²) >= 11 is 1.76. The molecule has 2 rings (SSSR count). The molecule has 0 unspecified atom stereocenters. The van der Waals surface area contributed by atoms with Crippen LogP contribution in [0.2, 0.25) is 0 Å². The van der Waals surface area contributed by atoms with Gasteiger partial charge >= 0.3 is 0 Å². The van der Waals surface area contributed by atoms with E-state index < -0.39 is 0 Å². The molecule has 0 saturated carbocycles. The first kappa shape index (κ1) is 13.0. The van der Waals surface area contributed by atoms with E-state index in [-0.39, 0.29) is 0 Å². The van der Waals surface area contributed by atoms with Gasteiger partial charge in [0.15, 0.2) is 0 Å². The number of thiophene rings is 1. The molecule has 0 amide bonds. The van der Waals surface area contributed by atoms with Crippen LogP contribution in [-0.2, 0) is 17.8 Å². The quantitative estimate of drug-likeness (QED) is 0.780. The van der Waals surface area contributed by atoms with Gasteiger partial charge in [-0.15, -0.1) is 11.3 Å². The fourth-order valence-corrected chi connectivity index (χ4v) is 2.20. The average molecular weight is 263 g/mol. The molecular weight excluding hydrogens is 246 g/mol. The predicted molar refractivity (Wildman–Crippen MR) is 73.9 cm³/mol. The summed E-state index contributed by atoms with van der Waals surface area (Å²) in [6, 6.07) is 4.18. The van der Waals surface area contributed by atoms with Crippen LogP contribution in [0.5, 0.6) is 0 Å². The summed E-state index contributed by atoms with van der Waals surface area (Å²) in [5.41, 5.74) is 0.864. The highest BCUT2D eigenvalue weighted by Gasteiger charge is 1.98. The van der Waals surface area contributed by atoms with E-state index >= 15 is 0 Å². The summed E-state index contributed by atoms with van der Waals surface area (Å²) in [5.74, 6) is 0.805. The highest BCUT2D eigenvalue weighted by atomic mass is 32.1. The summed E-state index contributed by atoms with van der Waals surface area (Å²) in [6.45, 7) is 4.12. The molecule has 0 saturated heterocycles. The van der Waals surface area contributed by atoms with E-state index in [1.54, 1.807) is 23.7 Å². The van der Waals surface area contributed by atoms with Crippen molar-refractivity contribution in [2.45, 2.75) is 20.0 Å². The second-order valence-corrected chi connectivity index (χ2v) is 4.84. The fraction of sp³-hybridized carbons (Fsp3) is 0.385. The standard InChI is InChI=1S/C13H17N3OS/c1-2-14-13-9-15-11(8-16-13)10-17-6-5-12-4-3-7-18-12/h3-4,7-9H,2,5-6,10H2,1H3,(H,14,16). The predicted octanol–water partition coefficient (Wildman–Crippen LogP) is 2.73. The van der Waals surface area contributed by atoms with Crippen molar-refractivity contribution in [3.8, 4) is 0 Å². The van der Waals surface area contributed by atoms with Crippen molar-refractivity contribution >= 4 is 17.2 Å². The summed E-state index contributed by atoms with van der Waals surface area (Å²) in [6.07, 6.45) is 4.45. The van der Waals surface area contributed by atoms with Crippen molar-refractivity contribution in [2.24, 2.45) is 0 Å². The third-order valence-electron chi connectivity index (χ3n) is 2.39. The topological polar surface area (TPSA) is 47.0 Å². The van der Waals surface area contributed by atoms with Gasteiger partial charge in [-0.2, -0.15) is 0 Å². The van der Waals surface area contributed by atoms with Gasteiger partial charge in [0, 0.05) is 17.8 Å². The number of hydrogen-bond donors (Lipinski definition) is 1. The van der Waals surface area contributed by atoms with Crippen LogP contribution in [0, 0.1) is 0 Å². The summed E-state index contributed by atoms with van der Waals surface area (Å²) in [4.78, 5) is 9.88. The lowest BCUT2D eigenvalue weighted by Crippen LogP contribution is -2.03. The van der Waals surface area contributed by atoms with E-state index in [9.17, 15) is 0 Å². The molecule has 2 aromatic rings. The molecule has 0 radical (unpaired) electrons. The van der Waals surface area contributed by atoms with Crippen LogP contribution in [0.25, 0.3) is 0 Å². The molecule has 0 aromatic carbocycles. The normalized spacial score (nSPS) is 10.5. The Bertz CT molecular complexity index is 442. The lowest BCUT2D eigenvalue weighted by molar-refractivity contribution is 0.121. The highest BCUT2D eigenvalue weighted by molar-refractivity contribution is 7.09. The van der Waals surface area contributed by atoms with Crippen molar-refractivity contribution in [1.29, 1.82) is 0 Å². The zero-order valence-electron chi connectivity index (χ0n) is 10.4. The number of nitrogens with one attached hydrogen (secondary N) is 1. The molecule has 4 nitrogen and oxygen atoms in total. The minimum Gasteiger partial charge on any atom is -0.375 e. The summed E-state index contributed by atoms with van der Waals surface area (Å²) in [7, 11) is 0. The molecule has 0 aliphatic carbocycles. The van der Waals surface area contributed by atoms with Crippen molar-refractivity contribution in [1.82, 2.24) is 9.97 Å². The first-order valence-corrected chi connectivity index (χ1v) is 6.91. The molecule has 5 heteroatoms. The van der Waals surface area contributed by atoms with Gasteiger partial charge in [-0.25, -0.2) is 4.98 Å². The van der Waals surface area contributed by atoms with Gasteiger partial charge in [-0.3, -0.25) is 4.98 Å². The molecule has 0 aliphatic heterocycles. The number of hydrogen-bond acceptors (Lipinski definition) is 5. The number of anilines is 1. The van der Waals surface area contributed by atoms with E-state index in [0.717, 1.165) is 31.1 Å². The number of nitrogens with zero attached hydrogens (tertiary/aromatic N) is 2. The Labute approximate surface area is 111 Å². The minimum atomic E-state index is 0.519. The maximum absolute atomic E-state index is 5.58. The second-order valence-electron chi connectivity index (χ2n) is 3.81. The summed E-state index contributed by atoms with van der Waals surface area (Å²) < 4.78 is 5.58. The van der Waals surface area contributed by atoms with Crippen LogP contribution < -0.4 is 5.32 Å². The monoisotopic (exact) mass is 263 g/mol. The van der Waals surface area contributed by atoms with Crippen LogP contribution in [-0.4, -0.2) is 23.1 Å². The van der Waals surface area contributed by atoms with Crippen molar-refractivity contribution < 1.29 is 4.74 Å². The molecule has 96 valence electrons. The van der Waals surface area contributed by atoms with Crippen LogP contribution in [0.3, 0.4) is 0 Å². The van der Waals surface area contributed by atoms with Gasteiger partial charge < -0.3 is 10.1 Å². The van der Waals surface area contributed by atoms with Crippen LogP contribution in [0.4, 0.5) is 5.82 Å². The lowest BCUT2D eigenvalue weighted by atomic mass is 10.4. The molecule has 2 aromatic heterocycles. The molecule has 1 N–H and O–H groups in total. The molecule has 2 heterocycles. The van der Waals surface area contributed by atoms with Gasteiger partial charge in [0.05, 0.1) is 31.3 Å². The van der Waals surface area contributed by atoms with Gasteiger partial charge in [0.1, 0.15) is 5.82 Å². The Morgan fingerprint density at radius 2 is 2.28 bits per heavy atom. The minimum absolute atomic E-state index is 0.519. The van der Waals surface area contributed by atoms with Crippen molar-refractivity contribution in [3.63, 3.8) is 0 Å². The Morgan fingerprint density at radius 3 is 2.94 bits per heavy atom. The first-order valence-electron chi connectivity index (χ1n) is 6.03. The lowest BCUT2D eigenvalue weighted by Gasteiger charge is -2.04. The van der Waals surface area contributed by atoms with Gasteiger partial charge in [-0.1, -0.05) is 6.07 Å². The highest BCUT2D eigenvalue weighted by Crippen LogP contribution is 2.09. The Morgan fingerprint density at radius 1 is 1.33 bits per heavy atom. The fourth-order valence-electron chi connectivity index (χ4n) is 1.51. The third-order valence-corrected chi connectivity index (χ3v) is 3.32. The Hall–Kier alpha value is -1.46. The first-order chi connectivity index (χ1) is 8.88. The molecule has 0 atom stereocenters. The molecule has 0 aliphatic rings. The Kier molecular flexibility index (Phi) is 5.11. The Balaban J connectivity index is 1.69. The van der Waals surface area contributed by atoms with E-state index in [0.29, 0.717) is 6.61 Å². The third kappa shape index (κ3) is 4.09. The SMILES string of the molecule is CCNc1cnc(COCCc2cccs2)cn1. The van der Waals surface area contributed by atoms with Crippen molar-refractivity contribution in [3.05, 3.63) is 40.5 Å². The van der Waals surface area contributed by atoms with Gasteiger partial charge in [-0.05, 0) is 18.4 Å². The number of ether oxygens (including phenoxy) is 1. The molecule has 0 fully saturated rings. The van der Waals surface area contributed by atoms with Crippen LogP contribution >= 0.6 is 11.3 Å².